The second-order valence-corrected chi connectivity index (χ2v) is 4.49. The summed E-state index contributed by atoms with van der Waals surface area (Å²) < 4.78 is 5.01. The molecule has 1 aromatic heterocycles. The third-order valence-corrected chi connectivity index (χ3v) is 2.80. The fourth-order valence-electron chi connectivity index (χ4n) is 1.74. The summed E-state index contributed by atoms with van der Waals surface area (Å²) in [5.74, 6) is 0.769. The summed E-state index contributed by atoms with van der Waals surface area (Å²) in [6, 6.07) is 9.21. The average Bonchev–Trinajstić information content (AvgIpc) is 2.74. The molecular formula is C13H12ClN3O. The van der Waals surface area contributed by atoms with Crippen molar-refractivity contribution in [1.29, 1.82) is 5.26 Å². The van der Waals surface area contributed by atoms with E-state index < -0.39 is 0 Å². The van der Waals surface area contributed by atoms with Crippen molar-refractivity contribution in [3.05, 3.63) is 46.3 Å². The Bertz CT molecular complexity index is 601. The molecule has 0 saturated carbocycles. The second-order valence-electron chi connectivity index (χ2n) is 4.06. The minimum absolute atomic E-state index is 0.562. The Morgan fingerprint density at radius 1 is 1.44 bits per heavy atom. The highest BCUT2D eigenvalue weighted by atomic mass is 35.5. The van der Waals surface area contributed by atoms with Gasteiger partial charge in [0.15, 0.2) is 0 Å². The highest BCUT2D eigenvalue weighted by Gasteiger charge is 2.10. The van der Waals surface area contributed by atoms with Crippen LogP contribution in [0.1, 0.15) is 17.0 Å². The lowest BCUT2D eigenvalue weighted by Crippen LogP contribution is -2.17. The normalized spacial score (nSPS) is 10.1. The quantitative estimate of drug-likeness (QED) is 0.852. The predicted octanol–water partition coefficient (Wildman–Crippen LogP) is 3.14. The fourth-order valence-corrected chi connectivity index (χ4v) is 1.90. The van der Waals surface area contributed by atoms with Crippen LogP contribution in [-0.4, -0.2) is 12.2 Å². The number of hydrogen-bond donors (Lipinski definition) is 0. The summed E-state index contributed by atoms with van der Waals surface area (Å²) in [7, 11) is 1.89. The molecule has 18 heavy (non-hydrogen) atoms. The van der Waals surface area contributed by atoms with Crippen molar-refractivity contribution in [1.82, 2.24) is 5.16 Å². The largest absolute Gasteiger partial charge is 0.367 e. The van der Waals surface area contributed by atoms with Gasteiger partial charge in [-0.25, -0.2) is 0 Å². The number of nitriles is 1. The van der Waals surface area contributed by atoms with Crippen molar-refractivity contribution in [2.45, 2.75) is 13.5 Å². The van der Waals surface area contributed by atoms with E-state index in [1.165, 1.54) is 0 Å². The predicted molar refractivity (Wildman–Crippen MR) is 69.5 cm³/mol. The molecule has 0 saturated heterocycles. The first-order chi connectivity index (χ1) is 8.60. The monoisotopic (exact) mass is 261 g/mol. The Balaban J connectivity index is 2.26. The van der Waals surface area contributed by atoms with E-state index >= 15 is 0 Å². The van der Waals surface area contributed by atoms with E-state index in [1.54, 1.807) is 18.2 Å². The fraction of sp³-hybridized carbons (Fsp3) is 0.231. The average molecular weight is 262 g/mol. The maximum Gasteiger partial charge on any atom is 0.133 e. The van der Waals surface area contributed by atoms with E-state index in [0.717, 1.165) is 17.1 Å². The molecule has 0 radical (unpaired) electrons. The van der Waals surface area contributed by atoms with Crippen LogP contribution in [0.3, 0.4) is 0 Å². The van der Waals surface area contributed by atoms with Crippen molar-refractivity contribution < 1.29 is 4.52 Å². The zero-order chi connectivity index (χ0) is 13.1. The Kier molecular flexibility index (Phi) is 3.54. The Morgan fingerprint density at radius 3 is 2.83 bits per heavy atom. The smallest absolute Gasteiger partial charge is 0.133 e. The van der Waals surface area contributed by atoms with Gasteiger partial charge < -0.3 is 9.42 Å². The van der Waals surface area contributed by atoms with Crippen molar-refractivity contribution in [2.24, 2.45) is 0 Å². The van der Waals surface area contributed by atoms with E-state index in [2.05, 4.69) is 11.2 Å². The molecule has 0 spiro atoms. The van der Waals surface area contributed by atoms with Gasteiger partial charge in [-0.05, 0) is 25.1 Å². The summed E-state index contributed by atoms with van der Waals surface area (Å²) in [6.07, 6.45) is 0. The number of rotatable bonds is 3. The van der Waals surface area contributed by atoms with Crippen LogP contribution in [0.5, 0.6) is 0 Å². The molecule has 2 aromatic rings. The van der Waals surface area contributed by atoms with Crippen LogP contribution in [0.25, 0.3) is 0 Å². The molecule has 2 rings (SSSR count). The molecule has 0 atom stereocenters. The van der Waals surface area contributed by atoms with Gasteiger partial charge in [-0.3, -0.25) is 0 Å². The lowest BCUT2D eigenvalue weighted by molar-refractivity contribution is 0.390. The van der Waals surface area contributed by atoms with Gasteiger partial charge in [-0.1, -0.05) is 16.8 Å². The van der Waals surface area contributed by atoms with Crippen LogP contribution in [-0.2, 0) is 6.54 Å². The standard InChI is InChI=1S/C13H12ClN3O/c1-9-5-12(16-18-9)8-17(2)13-6-11(14)4-3-10(13)7-15/h3-6H,8H2,1-2H3. The first kappa shape index (κ1) is 12.5. The van der Waals surface area contributed by atoms with E-state index in [4.69, 9.17) is 21.4 Å². The molecule has 1 aromatic carbocycles. The number of aryl methyl sites for hydroxylation is 1. The first-order valence-electron chi connectivity index (χ1n) is 5.43. The van der Waals surface area contributed by atoms with E-state index in [1.807, 2.05) is 24.9 Å². The summed E-state index contributed by atoms with van der Waals surface area (Å²) in [6.45, 7) is 2.41. The minimum Gasteiger partial charge on any atom is -0.367 e. The van der Waals surface area contributed by atoms with Gasteiger partial charge in [0, 0.05) is 18.1 Å². The molecule has 92 valence electrons. The zero-order valence-corrected chi connectivity index (χ0v) is 10.9. The zero-order valence-electron chi connectivity index (χ0n) is 10.1. The van der Waals surface area contributed by atoms with Crippen LogP contribution in [0.2, 0.25) is 5.02 Å². The van der Waals surface area contributed by atoms with Crippen LogP contribution >= 0.6 is 11.6 Å². The SMILES string of the molecule is Cc1cc(CN(C)c2cc(Cl)ccc2C#N)no1. The van der Waals surface area contributed by atoms with Gasteiger partial charge >= 0.3 is 0 Å². The third-order valence-electron chi connectivity index (χ3n) is 2.57. The van der Waals surface area contributed by atoms with Gasteiger partial charge in [0.05, 0.1) is 17.8 Å². The maximum absolute atomic E-state index is 9.07. The summed E-state index contributed by atoms with van der Waals surface area (Å²) in [5.41, 5.74) is 2.19. The molecule has 0 amide bonds. The number of nitrogens with zero attached hydrogens (tertiary/aromatic N) is 3. The molecule has 4 nitrogen and oxygen atoms in total. The molecule has 0 aliphatic heterocycles. The summed E-state index contributed by atoms with van der Waals surface area (Å²) in [5, 5.41) is 13.6. The van der Waals surface area contributed by atoms with Crippen LogP contribution in [0.4, 0.5) is 5.69 Å². The lowest BCUT2D eigenvalue weighted by atomic mass is 10.1. The second kappa shape index (κ2) is 5.11. The first-order valence-corrected chi connectivity index (χ1v) is 5.81. The Labute approximate surface area is 110 Å². The molecule has 0 bridgehead atoms. The van der Waals surface area contributed by atoms with Crippen molar-refractivity contribution in [3.63, 3.8) is 0 Å². The third kappa shape index (κ3) is 2.63. The number of halogens is 1. The molecule has 0 N–H and O–H groups in total. The van der Waals surface area contributed by atoms with Crippen LogP contribution in [0.15, 0.2) is 28.8 Å². The molecular weight excluding hydrogens is 250 g/mol. The molecule has 0 aliphatic rings. The number of benzene rings is 1. The highest BCUT2D eigenvalue weighted by Crippen LogP contribution is 2.24. The molecule has 0 aliphatic carbocycles. The van der Waals surface area contributed by atoms with Crippen LogP contribution in [0, 0.1) is 18.3 Å². The van der Waals surface area contributed by atoms with Gasteiger partial charge in [-0.15, -0.1) is 0 Å². The van der Waals surface area contributed by atoms with Crippen molar-refractivity contribution in [3.8, 4) is 6.07 Å². The Morgan fingerprint density at radius 2 is 2.22 bits per heavy atom. The van der Waals surface area contributed by atoms with Gasteiger partial charge in [-0.2, -0.15) is 5.26 Å². The molecule has 5 heteroatoms. The number of aromatic nitrogens is 1. The van der Waals surface area contributed by atoms with E-state index in [0.29, 0.717) is 17.1 Å². The van der Waals surface area contributed by atoms with Gasteiger partial charge in [0.25, 0.3) is 0 Å². The highest BCUT2D eigenvalue weighted by molar-refractivity contribution is 6.30. The summed E-state index contributed by atoms with van der Waals surface area (Å²) in [4.78, 5) is 1.92. The topological polar surface area (TPSA) is 53.1 Å². The van der Waals surface area contributed by atoms with Crippen LogP contribution < -0.4 is 4.90 Å². The lowest BCUT2D eigenvalue weighted by Gasteiger charge is -2.19. The van der Waals surface area contributed by atoms with E-state index in [-0.39, 0.29) is 0 Å². The van der Waals surface area contributed by atoms with Crippen molar-refractivity contribution in [2.75, 3.05) is 11.9 Å². The molecule has 0 unspecified atom stereocenters. The number of hydrogen-bond acceptors (Lipinski definition) is 4. The summed E-state index contributed by atoms with van der Waals surface area (Å²) >= 11 is 5.95. The molecule has 1 heterocycles. The number of anilines is 1. The molecule has 0 fully saturated rings. The van der Waals surface area contributed by atoms with E-state index in [9.17, 15) is 0 Å². The maximum atomic E-state index is 9.07. The van der Waals surface area contributed by atoms with Crippen molar-refractivity contribution >= 4 is 17.3 Å². The van der Waals surface area contributed by atoms with Gasteiger partial charge in [0.1, 0.15) is 17.5 Å². The minimum atomic E-state index is 0.562. The Hall–Kier alpha value is -1.99. The van der Waals surface area contributed by atoms with Gasteiger partial charge in [0.2, 0.25) is 0 Å².